The molecule has 0 amide bonds. The number of thioether (sulfide) groups is 1. The fourth-order valence-electron chi connectivity index (χ4n) is 2.41. The minimum atomic E-state index is 0. The molecule has 5 nitrogen and oxygen atoms in total. The number of ether oxygens (including phenoxy) is 2. The Hall–Kier alpha value is -0.830. The number of methoxy groups -OCH3 is 2. The van der Waals surface area contributed by atoms with Crippen molar-refractivity contribution < 1.29 is 9.47 Å². The van der Waals surface area contributed by atoms with E-state index in [9.17, 15) is 0 Å². The SMILES string of the molecule is COc1ccc(CCCN=C(N)N2CCSCC2)cc1OC.I. The van der Waals surface area contributed by atoms with Gasteiger partial charge in [0, 0.05) is 31.1 Å². The van der Waals surface area contributed by atoms with Crippen molar-refractivity contribution in [3.8, 4) is 11.5 Å². The Labute approximate surface area is 160 Å². The maximum Gasteiger partial charge on any atom is 0.191 e. The summed E-state index contributed by atoms with van der Waals surface area (Å²) < 4.78 is 10.6. The second-order valence-electron chi connectivity index (χ2n) is 5.13. The molecule has 1 aliphatic heterocycles. The molecule has 0 radical (unpaired) electrons. The van der Waals surface area contributed by atoms with Crippen molar-refractivity contribution in [2.45, 2.75) is 12.8 Å². The Morgan fingerprint density at radius 1 is 1.22 bits per heavy atom. The van der Waals surface area contributed by atoms with E-state index in [0.29, 0.717) is 5.96 Å². The van der Waals surface area contributed by atoms with Crippen molar-refractivity contribution in [2.75, 3.05) is 45.4 Å². The first kappa shape index (κ1) is 20.2. The van der Waals surface area contributed by atoms with Gasteiger partial charge in [-0.15, -0.1) is 24.0 Å². The highest BCUT2D eigenvalue weighted by Gasteiger charge is 2.11. The largest absolute Gasteiger partial charge is 0.493 e. The van der Waals surface area contributed by atoms with Gasteiger partial charge in [0.25, 0.3) is 0 Å². The summed E-state index contributed by atoms with van der Waals surface area (Å²) in [6.45, 7) is 2.77. The number of hydrogen-bond acceptors (Lipinski definition) is 4. The van der Waals surface area contributed by atoms with Gasteiger partial charge < -0.3 is 20.1 Å². The average Bonchev–Trinajstić information content (AvgIpc) is 2.59. The van der Waals surface area contributed by atoms with Gasteiger partial charge in [-0.05, 0) is 30.5 Å². The minimum Gasteiger partial charge on any atom is -0.493 e. The lowest BCUT2D eigenvalue weighted by atomic mass is 10.1. The molecule has 0 spiro atoms. The Morgan fingerprint density at radius 2 is 1.91 bits per heavy atom. The molecule has 1 aromatic rings. The van der Waals surface area contributed by atoms with Crippen molar-refractivity contribution in [2.24, 2.45) is 10.7 Å². The first-order valence-corrected chi connectivity index (χ1v) is 8.73. The van der Waals surface area contributed by atoms with Gasteiger partial charge in [0.05, 0.1) is 14.2 Å². The smallest absolute Gasteiger partial charge is 0.191 e. The second kappa shape index (κ2) is 10.9. The van der Waals surface area contributed by atoms with Crippen LogP contribution in [-0.2, 0) is 6.42 Å². The molecule has 0 saturated carbocycles. The number of benzene rings is 1. The van der Waals surface area contributed by atoms with Crippen LogP contribution in [0.15, 0.2) is 23.2 Å². The Morgan fingerprint density at radius 3 is 2.57 bits per heavy atom. The molecule has 2 rings (SSSR count). The van der Waals surface area contributed by atoms with Crippen LogP contribution in [0.25, 0.3) is 0 Å². The first-order valence-electron chi connectivity index (χ1n) is 7.58. The predicted octanol–water partition coefficient (Wildman–Crippen LogP) is 2.62. The molecule has 0 bridgehead atoms. The molecule has 1 aliphatic rings. The Kier molecular flexibility index (Phi) is 9.54. The molecule has 2 N–H and O–H groups in total. The quantitative estimate of drug-likeness (QED) is 0.312. The zero-order valence-corrected chi connectivity index (χ0v) is 16.9. The van der Waals surface area contributed by atoms with Crippen LogP contribution >= 0.6 is 35.7 Å². The number of aliphatic imine (C=N–C) groups is 1. The van der Waals surface area contributed by atoms with E-state index in [2.05, 4.69) is 16.0 Å². The number of guanidine groups is 1. The van der Waals surface area contributed by atoms with Crippen molar-refractivity contribution in [3.05, 3.63) is 23.8 Å². The number of rotatable bonds is 6. The van der Waals surface area contributed by atoms with Gasteiger partial charge in [0.2, 0.25) is 0 Å². The molecule has 0 atom stereocenters. The molecule has 1 aromatic carbocycles. The van der Waals surface area contributed by atoms with Gasteiger partial charge >= 0.3 is 0 Å². The van der Waals surface area contributed by atoms with Gasteiger partial charge in [0.1, 0.15) is 0 Å². The molecule has 1 heterocycles. The fourth-order valence-corrected chi connectivity index (χ4v) is 3.31. The predicted molar refractivity (Wildman–Crippen MR) is 109 cm³/mol. The van der Waals surface area contributed by atoms with Gasteiger partial charge in [-0.1, -0.05) is 6.07 Å². The number of aryl methyl sites for hydroxylation is 1. The van der Waals surface area contributed by atoms with Crippen LogP contribution in [-0.4, -0.2) is 56.2 Å². The first-order chi connectivity index (χ1) is 10.7. The van der Waals surface area contributed by atoms with E-state index in [4.69, 9.17) is 15.2 Å². The average molecular weight is 451 g/mol. The van der Waals surface area contributed by atoms with Crippen LogP contribution in [0.3, 0.4) is 0 Å². The monoisotopic (exact) mass is 451 g/mol. The van der Waals surface area contributed by atoms with Crippen molar-refractivity contribution in [1.82, 2.24) is 4.90 Å². The summed E-state index contributed by atoms with van der Waals surface area (Å²) in [7, 11) is 3.30. The summed E-state index contributed by atoms with van der Waals surface area (Å²) in [6.07, 6.45) is 1.92. The lowest BCUT2D eigenvalue weighted by molar-refractivity contribution is 0.354. The summed E-state index contributed by atoms with van der Waals surface area (Å²) in [5.74, 6) is 4.50. The highest BCUT2D eigenvalue weighted by molar-refractivity contribution is 14.0. The van der Waals surface area contributed by atoms with Gasteiger partial charge in [-0.25, -0.2) is 0 Å². The molecule has 7 heteroatoms. The molecule has 1 saturated heterocycles. The minimum absolute atomic E-state index is 0. The van der Waals surface area contributed by atoms with Gasteiger partial charge in [0.15, 0.2) is 17.5 Å². The summed E-state index contributed by atoms with van der Waals surface area (Å²) in [4.78, 5) is 6.67. The van der Waals surface area contributed by atoms with Crippen LogP contribution in [0.4, 0.5) is 0 Å². The lowest BCUT2D eigenvalue weighted by Crippen LogP contribution is -2.42. The third-order valence-corrected chi connectivity index (χ3v) is 4.62. The van der Waals surface area contributed by atoms with Gasteiger partial charge in [-0.2, -0.15) is 11.8 Å². The van der Waals surface area contributed by atoms with E-state index < -0.39 is 0 Å². The highest BCUT2D eigenvalue weighted by Crippen LogP contribution is 2.27. The Bertz CT molecular complexity index is 508. The van der Waals surface area contributed by atoms with Crippen LogP contribution < -0.4 is 15.2 Å². The Balaban J connectivity index is 0.00000264. The maximum atomic E-state index is 6.04. The molecule has 130 valence electrons. The van der Waals surface area contributed by atoms with Crippen LogP contribution in [0, 0.1) is 0 Å². The summed E-state index contributed by atoms with van der Waals surface area (Å²) in [6, 6.07) is 6.03. The van der Waals surface area contributed by atoms with E-state index in [1.807, 2.05) is 23.9 Å². The van der Waals surface area contributed by atoms with E-state index >= 15 is 0 Å². The number of hydrogen-bond donors (Lipinski definition) is 1. The topological polar surface area (TPSA) is 60.1 Å². The van der Waals surface area contributed by atoms with Crippen LogP contribution in [0.5, 0.6) is 11.5 Å². The summed E-state index contributed by atoms with van der Waals surface area (Å²) >= 11 is 1.97. The highest BCUT2D eigenvalue weighted by atomic mass is 127. The molecular weight excluding hydrogens is 425 g/mol. The zero-order valence-electron chi connectivity index (χ0n) is 13.8. The number of nitrogens with two attached hydrogens (primary N) is 1. The number of nitrogens with zero attached hydrogens (tertiary/aromatic N) is 2. The molecule has 23 heavy (non-hydrogen) atoms. The van der Waals surface area contributed by atoms with Crippen LogP contribution in [0.2, 0.25) is 0 Å². The third kappa shape index (κ3) is 6.29. The van der Waals surface area contributed by atoms with Crippen molar-refractivity contribution in [1.29, 1.82) is 0 Å². The van der Waals surface area contributed by atoms with E-state index in [1.54, 1.807) is 14.2 Å². The normalized spacial score (nSPS) is 15.0. The van der Waals surface area contributed by atoms with Crippen molar-refractivity contribution >= 4 is 41.7 Å². The van der Waals surface area contributed by atoms with Crippen molar-refractivity contribution in [3.63, 3.8) is 0 Å². The number of halogens is 1. The molecule has 0 aliphatic carbocycles. The maximum absolute atomic E-state index is 6.04. The van der Waals surface area contributed by atoms with Gasteiger partial charge in [-0.3, -0.25) is 4.99 Å². The second-order valence-corrected chi connectivity index (χ2v) is 6.36. The molecule has 0 unspecified atom stereocenters. The van der Waals surface area contributed by atoms with E-state index in [1.165, 1.54) is 5.56 Å². The molecule has 0 aromatic heterocycles. The third-order valence-electron chi connectivity index (χ3n) is 3.68. The molecule has 1 fully saturated rings. The summed E-state index contributed by atoms with van der Waals surface area (Å²) in [5.41, 5.74) is 7.26. The standard InChI is InChI=1S/C16H25N3O2S.HI/c1-20-14-6-5-13(12-15(14)21-2)4-3-7-18-16(17)19-8-10-22-11-9-19;/h5-6,12H,3-4,7-11H2,1-2H3,(H2,17,18);1H. The summed E-state index contributed by atoms with van der Waals surface area (Å²) in [5, 5.41) is 0. The van der Waals surface area contributed by atoms with E-state index in [0.717, 1.165) is 55.5 Å². The molecular formula is C16H26IN3O2S. The lowest BCUT2D eigenvalue weighted by Gasteiger charge is -2.27. The van der Waals surface area contributed by atoms with Crippen LogP contribution in [0.1, 0.15) is 12.0 Å². The zero-order chi connectivity index (χ0) is 15.8. The fraction of sp³-hybridized carbons (Fsp3) is 0.562. The van der Waals surface area contributed by atoms with E-state index in [-0.39, 0.29) is 24.0 Å².